The number of amides is 1. The second-order valence-corrected chi connectivity index (χ2v) is 12.5. The third kappa shape index (κ3) is 19.9. The molecule has 1 amide bonds. The Morgan fingerprint density at radius 2 is 1.40 bits per heavy atom. The lowest BCUT2D eigenvalue weighted by Gasteiger charge is -2.44. The van der Waals surface area contributed by atoms with Crippen molar-refractivity contribution in [2.75, 3.05) is 19.8 Å². The molecule has 10 nitrogen and oxygen atoms in total. The molecule has 1 rings (SSSR count). The molecule has 0 aromatic rings. The van der Waals surface area contributed by atoms with Crippen molar-refractivity contribution in [3.05, 3.63) is 25.0 Å². The summed E-state index contributed by atoms with van der Waals surface area (Å²) in [5.41, 5.74) is 0. The predicted octanol–water partition coefficient (Wildman–Crippen LogP) is 7.85. The average molecular weight is 668 g/mol. The van der Waals surface area contributed by atoms with Crippen LogP contribution in [0.25, 0.3) is 0 Å². The minimum Gasteiger partial charge on any atom is -0.471 e. The van der Waals surface area contributed by atoms with E-state index in [1.807, 2.05) is 0 Å². The molecule has 0 aromatic carbocycles. The molecule has 1 aliphatic rings. The van der Waals surface area contributed by atoms with Crippen LogP contribution in [0.2, 0.25) is 0 Å². The highest BCUT2D eigenvalue weighted by molar-refractivity contribution is 5.98. The minimum atomic E-state index is -1.11. The fourth-order valence-corrected chi connectivity index (χ4v) is 5.68. The Hall–Kier alpha value is -2.43. The summed E-state index contributed by atoms with van der Waals surface area (Å²) in [7, 11) is 0. The predicted molar refractivity (Wildman–Crippen MR) is 184 cm³/mol. The molecule has 0 bridgehead atoms. The van der Waals surface area contributed by atoms with Gasteiger partial charge in [-0.15, -0.1) is 0 Å². The monoisotopic (exact) mass is 667 g/mol. The summed E-state index contributed by atoms with van der Waals surface area (Å²) in [4.78, 5) is 38.4. The van der Waals surface area contributed by atoms with Gasteiger partial charge in [0.25, 0.3) is 0 Å². The highest BCUT2D eigenvalue weighted by atomic mass is 16.8. The highest BCUT2D eigenvalue weighted by Gasteiger charge is 2.50. The van der Waals surface area contributed by atoms with Crippen LogP contribution in [0.5, 0.6) is 0 Å². The average Bonchev–Trinajstić information content (AvgIpc) is 3.06. The first-order valence-electron chi connectivity index (χ1n) is 18.3. The number of aliphatic hydroxyl groups excluding tert-OH is 1. The van der Waals surface area contributed by atoms with Gasteiger partial charge in [-0.05, 0) is 19.8 Å². The number of hydrogen-bond donors (Lipinski definition) is 2. The summed E-state index contributed by atoms with van der Waals surface area (Å²) < 4.78 is 28.7. The van der Waals surface area contributed by atoms with E-state index in [0.717, 1.165) is 44.9 Å². The summed E-state index contributed by atoms with van der Waals surface area (Å²) in [6, 6.07) is -0.937. The third-order valence-corrected chi connectivity index (χ3v) is 8.28. The molecule has 0 aliphatic carbocycles. The summed E-state index contributed by atoms with van der Waals surface area (Å²) >= 11 is 0. The maximum atomic E-state index is 13.2. The Bertz CT molecular complexity index is 865. The van der Waals surface area contributed by atoms with Crippen molar-refractivity contribution in [3.8, 4) is 0 Å². The number of ketones is 1. The first-order valence-corrected chi connectivity index (χ1v) is 18.3. The normalized spacial score (nSPS) is 21.0. The Morgan fingerprint density at radius 1 is 0.830 bits per heavy atom. The van der Waals surface area contributed by atoms with Crippen LogP contribution in [0.4, 0.5) is 4.79 Å². The smallest absolute Gasteiger partial charge is 0.471 e. The molecule has 1 saturated heterocycles. The zero-order valence-corrected chi connectivity index (χ0v) is 29.6. The fraction of sp³-hybridized carbons (Fsp3) is 0.811. The molecule has 0 radical (unpaired) electrons. The standard InChI is InChI=1S/C37H65NO9/c1-5-9-11-13-15-17-18-20-22-24-30(40)28-32(41)38-33-35(43-27-23-21-19-16-14-12-10-6-2)34(47-37(42)45-26-8-4)31(29-39)46-36(33)44-25-7-3/h7-8,25,31,33-36,39H,4-6,9-24,26-29H2,1-3H3,(H,38,41)/b25-7-/t31-,33+,34-,35-,36+/m1/s1. The molecule has 2 N–H and O–H groups in total. The number of unbranched alkanes of at least 4 members (excludes halogenated alkanes) is 15. The molecule has 0 spiro atoms. The van der Waals surface area contributed by atoms with E-state index in [1.165, 1.54) is 76.5 Å². The van der Waals surface area contributed by atoms with E-state index in [9.17, 15) is 19.5 Å². The lowest BCUT2D eigenvalue weighted by atomic mass is 9.95. The fourth-order valence-electron chi connectivity index (χ4n) is 5.68. The van der Waals surface area contributed by atoms with Gasteiger partial charge in [0.2, 0.25) is 12.2 Å². The molecule has 47 heavy (non-hydrogen) atoms. The number of carbonyl (C=O) groups excluding carboxylic acids is 3. The zero-order chi connectivity index (χ0) is 34.5. The number of Topliss-reactive ketones (excluding diaryl/α,β-unsaturated/α-hetero) is 1. The molecule has 272 valence electrons. The molecule has 0 unspecified atom stereocenters. The van der Waals surface area contributed by atoms with Gasteiger partial charge in [0, 0.05) is 13.0 Å². The summed E-state index contributed by atoms with van der Waals surface area (Å²) in [5, 5.41) is 13.0. The highest BCUT2D eigenvalue weighted by Crippen LogP contribution is 2.28. The van der Waals surface area contributed by atoms with Gasteiger partial charge in [0.05, 0.1) is 19.3 Å². The van der Waals surface area contributed by atoms with Gasteiger partial charge in [0.15, 0.2) is 6.10 Å². The third-order valence-electron chi connectivity index (χ3n) is 8.28. The maximum Gasteiger partial charge on any atom is 0.509 e. The number of carbonyl (C=O) groups is 3. The lowest BCUT2D eigenvalue weighted by Crippen LogP contribution is -2.66. The van der Waals surface area contributed by atoms with Gasteiger partial charge in [-0.1, -0.05) is 129 Å². The second kappa shape index (κ2) is 28.6. The summed E-state index contributed by atoms with van der Waals surface area (Å²) in [5.74, 6) is -0.636. The molecule has 0 aromatic heterocycles. The molecule has 5 atom stereocenters. The number of ether oxygens (including phenoxy) is 5. The van der Waals surface area contributed by atoms with Crippen molar-refractivity contribution in [2.45, 2.75) is 173 Å². The van der Waals surface area contributed by atoms with E-state index in [2.05, 4.69) is 25.7 Å². The molecule has 10 heteroatoms. The van der Waals surface area contributed by atoms with Crippen LogP contribution < -0.4 is 5.32 Å². The Labute approximate surface area is 284 Å². The molecular weight excluding hydrogens is 602 g/mol. The van der Waals surface area contributed by atoms with E-state index >= 15 is 0 Å². The largest absolute Gasteiger partial charge is 0.509 e. The van der Waals surface area contributed by atoms with Gasteiger partial charge in [-0.25, -0.2) is 4.79 Å². The number of rotatable bonds is 29. The maximum absolute atomic E-state index is 13.2. The number of allylic oxidation sites excluding steroid dienone is 1. The van der Waals surface area contributed by atoms with E-state index in [-0.39, 0.29) is 18.8 Å². The van der Waals surface area contributed by atoms with Crippen LogP contribution in [-0.2, 0) is 33.3 Å². The van der Waals surface area contributed by atoms with Crippen LogP contribution in [0.1, 0.15) is 143 Å². The van der Waals surface area contributed by atoms with Crippen LogP contribution in [0.3, 0.4) is 0 Å². The van der Waals surface area contributed by atoms with E-state index < -0.39 is 49.3 Å². The van der Waals surface area contributed by atoms with Crippen LogP contribution in [0, 0.1) is 0 Å². The van der Waals surface area contributed by atoms with Gasteiger partial charge in [-0.2, -0.15) is 0 Å². The minimum absolute atomic E-state index is 0.0613. The first-order chi connectivity index (χ1) is 22.9. The second-order valence-electron chi connectivity index (χ2n) is 12.5. The van der Waals surface area contributed by atoms with E-state index in [1.54, 1.807) is 13.0 Å². The van der Waals surface area contributed by atoms with Crippen molar-refractivity contribution in [1.29, 1.82) is 0 Å². The quantitative estimate of drug-likeness (QED) is 0.0269. The van der Waals surface area contributed by atoms with Crippen molar-refractivity contribution in [3.63, 3.8) is 0 Å². The zero-order valence-electron chi connectivity index (χ0n) is 29.6. The molecule has 1 fully saturated rings. The van der Waals surface area contributed by atoms with Crippen molar-refractivity contribution in [2.24, 2.45) is 0 Å². The topological polar surface area (TPSA) is 130 Å². The number of hydrogen-bond acceptors (Lipinski definition) is 9. The molecular formula is C37H65NO9. The molecule has 1 aliphatic heterocycles. The Kier molecular flexibility index (Phi) is 25.9. The lowest BCUT2D eigenvalue weighted by molar-refractivity contribution is -0.265. The Morgan fingerprint density at radius 3 is 1.96 bits per heavy atom. The Balaban J connectivity index is 2.88. The summed E-state index contributed by atoms with van der Waals surface area (Å²) in [6.45, 7) is 9.50. The van der Waals surface area contributed by atoms with Crippen molar-refractivity contribution >= 4 is 17.8 Å². The van der Waals surface area contributed by atoms with E-state index in [0.29, 0.717) is 13.0 Å². The SMILES string of the molecule is C=CCOC(=O)O[C@H]1[C@H](OCCCCCCCCCC)[C@H](NC(=O)CC(=O)CCCCCCCCCCC)[C@@H](O/C=C\C)O[C@@H]1CO. The van der Waals surface area contributed by atoms with Crippen molar-refractivity contribution in [1.82, 2.24) is 5.32 Å². The van der Waals surface area contributed by atoms with Crippen LogP contribution >= 0.6 is 0 Å². The number of nitrogens with one attached hydrogen (secondary N) is 1. The van der Waals surface area contributed by atoms with Gasteiger partial charge >= 0.3 is 6.16 Å². The van der Waals surface area contributed by atoms with Crippen LogP contribution in [0.15, 0.2) is 25.0 Å². The molecule has 0 saturated carbocycles. The van der Waals surface area contributed by atoms with Crippen molar-refractivity contribution < 1.29 is 43.2 Å². The van der Waals surface area contributed by atoms with Gasteiger partial charge < -0.3 is 34.1 Å². The van der Waals surface area contributed by atoms with Gasteiger partial charge in [-0.3, -0.25) is 9.59 Å². The molecule has 1 heterocycles. The first kappa shape index (κ1) is 42.6. The van der Waals surface area contributed by atoms with Gasteiger partial charge in [0.1, 0.15) is 30.6 Å². The number of aliphatic hydroxyl groups is 1. The van der Waals surface area contributed by atoms with E-state index in [4.69, 9.17) is 23.7 Å². The van der Waals surface area contributed by atoms with Crippen LogP contribution in [-0.4, -0.2) is 73.4 Å². The summed E-state index contributed by atoms with van der Waals surface area (Å²) in [6.07, 6.45) is 18.6.